The van der Waals surface area contributed by atoms with E-state index in [9.17, 15) is 5.11 Å². The smallest absolute Gasteiger partial charge is 0.231 e. The van der Waals surface area contributed by atoms with Gasteiger partial charge in [-0.25, -0.2) is 0 Å². The minimum absolute atomic E-state index is 0.203. The van der Waals surface area contributed by atoms with E-state index in [2.05, 4.69) is 0 Å². The fourth-order valence-electron chi connectivity index (χ4n) is 1.47. The van der Waals surface area contributed by atoms with E-state index in [1.54, 1.807) is 0 Å². The topological polar surface area (TPSA) is 58.9 Å². The molecule has 94 valence electrons. The van der Waals surface area contributed by atoms with Gasteiger partial charge in [0.15, 0.2) is 11.5 Å². The number of thioether (sulfide) groups is 1. The third kappa shape index (κ3) is 3.19. The maximum atomic E-state index is 9.20. The standard InChI is InChI=1S/C11H13ClO4S/c12-9-1-7(4-17-5-8(14)3-13)2-10-11(9)16-6-15-10/h1-2,8,13-14H,3-6H2. The molecule has 1 aliphatic heterocycles. The van der Waals surface area contributed by atoms with Crippen molar-refractivity contribution in [3.63, 3.8) is 0 Å². The second-order valence-electron chi connectivity index (χ2n) is 3.66. The summed E-state index contributed by atoms with van der Waals surface area (Å²) >= 11 is 7.57. The van der Waals surface area contributed by atoms with E-state index in [-0.39, 0.29) is 13.4 Å². The van der Waals surface area contributed by atoms with Crippen molar-refractivity contribution in [1.29, 1.82) is 0 Å². The molecule has 2 rings (SSSR count). The summed E-state index contributed by atoms with van der Waals surface area (Å²) in [5, 5.41) is 18.4. The van der Waals surface area contributed by atoms with Gasteiger partial charge in [0.1, 0.15) is 0 Å². The number of rotatable bonds is 5. The number of fused-ring (bicyclic) bond motifs is 1. The van der Waals surface area contributed by atoms with Crippen molar-refractivity contribution in [1.82, 2.24) is 0 Å². The first kappa shape index (κ1) is 12.8. The van der Waals surface area contributed by atoms with Crippen LogP contribution in [0.5, 0.6) is 11.5 Å². The van der Waals surface area contributed by atoms with Crippen LogP contribution < -0.4 is 9.47 Å². The van der Waals surface area contributed by atoms with E-state index in [4.69, 9.17) is 26.2 Å². The zero-order valence-electron chi connectivity index (χ0n) is 9.06. The minimum atomic E-state index is -0.676. The number of hydrogen-bond acceptors (Lipinski definition) is 5. The summed E-state index contributed by atoms with van der Waals surface area (Å²) in [5.74, 6) is 2.45. The number of aliphatic hydroxyl groups excluding tert-OH is 2. The number of aliphatic hydroxyl groups is 2. The lowest BCUT2D eigenvalue weighted by Gasteiger charge is -2.07. The Morgan fingerprint density at radius 3 is 3.00 bits per heavy atom. The molecule has 1 aromatic rings. The van der Waals surface area contributed by atoms with Crippen LogP contribution in [0.1, 0.15) is 5.56 Å². The van der Waals surface area contributed by atoms with Gasteiger partial charge in [-0.2, -0.15) is 11.8 Å². The average molecular weight is 277 g/mol. The summed E-state index contributed by atoms with van der Waals surface area (Å²) in [6.45, 7) is -0.0101. The van der Waals surface area contributed by atoms with Crippen molar-refractivity contribution in [2.24, 2.45) is 0 Å². The molecule has 17 heavy (non-hydrogen) atoms. The maximum Gasteiger partial charge on any atom is 0.231 e. The SMILES string of the molecule is OCC(O)CSCc1cc(Cl)c2c(c1)OCO2. The van der Waals surface area contributed by atoms with Gasteiger partial charge >= 0.3 is 0 Å². The molecule has 1 aromatic carbocycles. The molecule has 0 saturated heterocycles. The first-order chi connectivity index (χ1) is 8.20. The number of ether oxygens (including phenoxy) is 2. The van der Waals surface area contributed by atoms with Crippen LogP contribution in [0, 0.1) is 0 Å². The zero-order chi connectivity index (χ0) is 12.3. The van der Waals surface area contributed by atoms with Crippen molar-refractivity contribution >= 4 is 23.4 Å². The van der Waals surface area contributed by atoms with Gasteiger partial charge in [0.2, 0.25) is 6.79 Å². The van der Waals surface area contributed by atoms with Crippen LogP contribution in [-0.4, -0.2) is 35.5 Å². The van der Waals surface area contributed by atoms with Crippen LogP contribution in [0.25, 0.3) is 0 Å². The lowest BCUT2D eigenvalue weighted by atomic mass is 10.2. The Balaban J connectivity index is 1.96. The van der Waals surface area contributed by atoms with E-state index < -0.39 is 6.10 Å². The van der Waals surface area contributed by atoms with Crippen LogP contribution in [0.2, 0.25) is 5.02 Å². The molecule has 0 aliphatic carbocycles. The van der Waals surface area contributed by atoms with E-state index in [0.717, 1.165) is 5.56 Å². The molecule has 1 unspecified atom stereocenters. The van der Waals surface area contributed by atoms with Crippen LogP contribution >= 0.6 is 23.4 Å². The summed E-state index contributed by atoms with van der Waals surface area (Å²) in [6, 6.07) is 3.71. The highest BCUT2D eigenvalue weighted by Gasteiger charge is 2.18. The summed E-state index contributed by atoms with van der Waals surface area (Å²) < 4.78 is 10.5. The molecule has 1 heterocycles. The molecule has 1 atom stereocenters. The monoisotopic (exact) mass is 276 g/mol. The molecule has 2 N–H and O–H groups in total. The normalized spacial score (nSPS) is 15.0. The van der Waals surface area contributed by atoms with Crippen LogP contribution in [0.3, 0.4) is 0 Å². The van der Waals surface area contributed by atoms with Gasteiger partial charge in [-0.1, -0.05) is 11.6 Å². The number of halogens is 1. The van der Waals surface area contributed by atoms with Gasteiger partial charge in [-0.05, 0) is 17.7 Å². The van der Waals surface area contributed by atoms with Gasteiger partial charge in [0.05, 0.1) is 17.7 Å². The fourth-order valence-corrected chi connectivity index (χ4v) is 2.66. The third-order valence-electron chi connectivity index (χ3n) is 2.28. The second kappa shape index (κ2) is 5.82. The Morgan fingerprint density at radius 2 is 2.24 bits per heavy atom. The van der Waals surface area contributed by atoms with Crippen LogP contribution in [-0.2, 0) is 5.75 Å². The summed E-state index contributed by atoms with van der Waals surface area (Å²) in [4.78, 5) is 0. The van der Waals surface area contributed by atoms with E-state index in [0.29, 0.717) is 28.0 Å². The molecule has 0 saturated carbocycles. The molecular formula is C11H13ClO4S. The molecule has 0 amide bonds. The molecular weight excluding hydrogens is 264 g/mol. The van der Waals surface area contributed by atoms with Gasteiger partial charge in [0, 0.05) is 11.5 Å². The van der Waals surface area contributed by atoms with Gasteiger partial charge in [0.25, 0.3) is 0 Å². The van der Waals surface area contributed by atoms with Crippen LogP contribution in [0.15, 0.2) is 12.1 Å². The van der Waals surface area contributed by atoms with Crippen molar-refractivity contribution < 1.29 is 19.7 Å². The van der Waals surface area contributed by atoms with Crippen molar-refractivity contribution in [2.45, 2.75) is 11.9 Å². The first-order valence-electron chi connectivity index (χ1n) is 5.15. The summed E-state index contributed by atoms with van der Waals surface area (Å²) in [7, 11) is 0. The molecule has 0 bridgehead atoms. The largest absolute Gasteiger partial charge is 0.454 e. The Bertz CT molecular complexity index is 399. The van der Waals surface area contributed by atoms with Gasteiger partial charge in [-0.15, -0.1) is 0 Å². The van der Waals surface area contributed by atoms with E-state index in [1.165, 1.54) is 11.8 Å². The Kier molecular flexibility index (Phi) is 4.39. The number of hydrogen-bond donors (Lipinski definition) is 2. The van der Waals surface area contributed by atoms with Crippen molar-refractivity contribution in [3.8, 4) is 11.5 Å². The predicted octanol–water partition coefficient (Wildman–Crippen LogP) is 1.66. The lowest BCUT2D eigenvalue weighted by Crippen LogP contribution is -2.14. The molecule has 0 fully saturated rings. The van der Waals surface area contributed by atoms with Gasteiger partial charge in [-0.3, -0.25) is 0 Å². The maximum absolute atomic E-state index is 9.20. The number of benzene rings is 1. The van der Waals surface area contributed by atoms with Gasteiger partial charge < -0.3 is 19.7 Å². The molecule has 1 aliphatic rings. The van der Waals surface area contributed by atoms with Crippen LogP contribution in [0.4, 0.5) is 0 Å². The van der Waals surface area contributed by atoms with E-state index >= 15 is 0 Å². The molecule has 0 spiro atoms. The first-order valence-corrected chi connectivity index (χ1v) is 6.68. The minimum Gasteiger partial charge on any atom is -0.454 e. The highest BCUT2D eigenvalue weighted by atomic mass is 35.5. The Labute approximate surface area is 108 Å². The predicted molar refractivity (Wildman–Crippen MR) is 66.8 cm³/mol. The summed E-state index contributed by atoms with van der Waals surface area (Å²) in [5.41, 5.74) is 1.01. The quantitative estimate of drug-likeness (QED) is 0.856. The van der Waals surface area contributed by atoms with Crippen molar-refractivity contribution in [2.75, 3.05) is 19.2 Å². The average Bonchev–Trinajstić information content (AvgIpc) is 2.77. The molecule has 0 aromatic heterocycles. The Hall–Kier alpha value is -0.620. The highest BCUT2D eigenvalue weighted by Crippen LogP contribution is 2.40. The highest BCUT2D eigenvalue weighted by molar-refractivity contribution is 7.98. The van der Waals surface area contributed by atoms with E-state index in [1.807, 2.05) is 12.1 Å². The Morgan fingerprint density at radius 1 is 1.41 bits per heavy atom. The van der Waals surface area contributed by atoms with Crippen molar-refractivity contribution in [3.05, 3.63) is 22.7 Å². The fraction of sp³-hybridized carbons (Fsp3) is 0.455. The molecule has 0 radical (unpaired) electrons. The second-order valence-corrected chi connectivity index (χ2v) is 5.10. The lowest BCUT2D eigenvalue weighted by molar-refractivity contribution is 0.113. The zero-order valence-corrected chi connectivity index (χ0v) is 10.6. The summed E-state index contributed by atoms with van der Waals surface area (Å²) in [6.07, 6.45) is -0.676. The molecule has 4 nitrogen and oxygen atoms in total. The third-order valence-corrected chi connectivity index (χ3v) is 3.72. The molecule has 6 heteroatoms.